The Morgan fingerprint density at radius 3 is 2.74 bits per heavy atom. The quantitative estimate of drug-likeness (QED) is 0.523. The van der Waals surface area contributed by atoms with Crippen LogP contribution in [-0.2, 0) is 17.6 Å². The van der Waals surface area contributed by atoms with Crippen molar-refractivity contribution >= 4 is 11.6 Å². The Bertz CT molecular complexity index is 1010. The molecule has 1 atom stereocenters. The van der Waals surface area contributed by atoms with Crippen LogP contribution >= 0.6 is 0 Å². The average Bonchev–Trinajstić information content (AvgIpc) is 3.37. The number of aromatic nitrogens is 7. The van der Waals surface area contributed by atoms with Gasteiger partial charge in [-0.05, 0) is 28.1 Å². The van der Waals surface area contributed by atoms with Crippen molar-refractivity contribution < 1.29 is 4.79 Å². The highest BCUT2D eigenvalue weighted by atomic mass is 16.2. The topological polar surface area (TPSA) is 103 Å². The Balaban J connectivity index is 1.42. The number of nitrogens with zero attached hydrogens (tertiary/aromatic N) is 7. The van der Waals surface area contributed by atoms with Crippen molar-refractivity contribution in [1.82, 2.24) is 40.1 Å². The summed E-state index contributed by atoms with van der Waals surface area (Å²) in [5.41, 5.74) is 1.83. The summed E-state index contributed by atoms with van der Waals surface area (Å²) in [6, 6.07) is 15.0. The van der Waals surface area contributed by atoms with Crippen LogP contribution in [0, 0.1) is 0 Å². The van der Waals surface area contributed by atoms with E-state index in [0.29, 0.717) is 19.4 Å². The minimum atomic E-state index is -0.516. The molecule has 3 heterocycles. The molecule has 1 aromatic carbocycles. The molecule has 0 radical (unpaired) electrons. The lowest BCUT2D eigenvalue weighted by atomic mass is 10.1. The van der Waals surface area contributed by atoms with Crippen molar-refractivity contribution in [3.05, 3.63) is 72.4 Å². The van der Waals surface area contributed by atoms with Gasteiger partial charge in [0.1, 0.15) is 18.2 Å². The molecule has 1 N–H and O–H groups in total. The third kappa shape index (κ3) is 3.81. The zero-order valence-electron chi connectivity index (χ0n) is 14.5. The van der Waals surface area contributed by atoms with E-state index in [1.807, 2.05) is 59.1 Å². The van der Waals surface area contributed by atoms with Crippen LogP contribution < -0.4 is 5.32 Å². The van der Waals surface area contributed by atoms with Gasteiger partial charge in [0, 0.05) is 25.6 Å². The first-order valence-electron chi connectivity index (χ1n) is 8.64. The van der Waals surface area contributed by atoms with E-state index in [1.54, 1.807) is 0 Å². The van der Waals surface area contributed by atoms with E-state index >= 15 is 0 Å². The molecule has 0 unspecified atom stereocenters. The predicted molar refractivity (Wildman–Crippen MR) is 96.7 cm³/mol. The van der Waals surface area contributed by atoms with Gasteiger partial charge in [-0.2, -0.15) is 0 Å². The summed E-state index contributed by atoms with van der Waals surface area (Å²) in [7, 11) is 0. The smallest absolute Gasteiger partial charge is 0.245 e. The normalized spacial score (nSPS) is 12.1. The van der Waals surface area contributed by atoms with Gasteiger partial charge in [-0.15, -0.1) is 15.3 Å². The van der Waals surface area contributed by atoms with Gasteiger partial charge < -0.3 is 5.32 Å². The molecule has 0 fully saturated rings. The van der Waals surface area contributed by atoms with Crippen molar-refractivity contribution in [2.45, 2.75) is 18.9 Å². The summed E-state index contributed by atoms with van der Waals surface area (Å²) in [5.74, 6) is 0.660. The lowest BCUT2D eigenvalue weighted by Gasteiger charge is -2.16. The van der Waals surface area contributed by atoms with Crippen molar-refractivity contribution in [3.8, 4) is 0 Å². The number of rotatable bonds is 7. The first kappa shape index (κ1) is 16.8. The molecule has 136 valence electrons. The second kappa shape index (κ2) is 7.73. The third-order valence-corrected chi connectivity index (χ3v) is 4.29. The van der Waals surface area contributed by atoms with Gasteiger partial charge in [0.15, 0.2) is 5.65 Å². The molecular weight excluding hydrogens is 344 g/mol. The maximum atomic E-state index is 12.8. The van der Waals surface area contributed by atoms with Gasteiger partial charge in [-0.1, -0.05) is 36.4 Å². The van der Waals surface area contributed by atoms with E-state index in [2.05, 4.69) is 31.0 Å². The highest BCUT2D eigenvalue weighted by Crippen LogP contribution is 2.13. The van der Waals surface area contributed by atoms with Crippen LogP contribution in [-0.4, -0.2) is 47.3 Å². The number of carbonyl (C=O) groups excluding carboxylic acids is 1. The predicted octanol–water partition coefficient (Wildman–Crippen LogP) is 0.858. The van der Waals surface area contributed by atoms with Gasteiger partial charge in [-0.3, -0.25) is 9.20 Å². The Labute approximate surface area is 155 Å². The lowest BCUT2D eigenvalue weighted by Crippen LogP contribution is -2.35. The van der Waals surface area contributed by atoms with Gasteiger partial charge in [0.25, 0.3) is 0 Å². The number of hydrogen-bond acceptors (Lipinski definition) is 6. The monoisotopic (exact) mass is 362 g/mol. The standard InChI is InChI=1S/C18H18N8O/c27-18(19-10-9-17-22-21-16-8-4-5-11-25(16)17)15(26-13-20-23-24-26)12-14-6-2-1-3-7-14/h1-8,11,13,15H,9-10,12H2,(H,19,27)/t15-/m0/s1. The fourth-order valence-electron chi connectivity index (χ4n) is 2.93. The highest BCUT2D eigenvalue weighted by Gasteiger charge is 2.22. The Hall–Kier alpha value is -3.62. The second-order valence-electron chi connectivity index (χ2n) is 6.08. The summed E-state index contributed by atoms with van der Waals surface area (Å²) in [5, 5.41) is 22.5. The zero-order chi connectivity index (χ0) is 18.5. The third-order valence-electron chi connectivity index (χ3n) is 4.29. The molecule has 0 aliphatic rings. The van der Waals surface area contributed by atoms with E-state index in [9.17, 15) is 4.79 Å². The van der Waals surface area contributed by atoms with Crippen LogP contribution in [0.25, 0.3) is 5.65 Å². The highest BCUT2D eigenvalue weighted by molar-refractivity contribution is 5.80. The van der Waals surface area contributed by atoms with Crippen molar-refractivity contribution in [2.75, 3.05) is 6.54 Å². The van der Waals surface area contributed by atoms with Crippen LogP contribution in [0.3, 0.4) is 0 Å². The average molecular weight is 362 g/mol. The molecule has 3 aromatic heterocycles. The molecule has 0 aliphatic carbocycles. The largest absolute Gasteiger partial charge is 0.354 e. The van der Waals surface area contributed by atoms with Gasteiger partial charge >= 0.3 is 0 Å². The number of nitrogens with one attached hydrogen (secondary N) is 1. The number of carbonyl (C=O) groups is 1. The van der Waals surface area contributed by atoms with E-state index in [1.165, 1.54) is 11.0 Å². The molecule has 9 nitrogen and oxygen atoms in total. The molecule has 0 saturated heterocycles. The zero-order valence-corrected chi connectivity index (χ0v) is 14.5. The van der Waals surface area contributed by atoms with Gasteiger partial charge in [0.05, 0.1) is 0 Å². The number of hydrogen-bond donors (Lipinski definition) is 1. The molecule has 0 spiro atoms. The Morgan fingerprint density at radius 1 is 1.07 bits per heavy atom. The van der Waals surface area contributed by atoms with Gasteiger partial charge in [-0.25, -0.2) is 4.68 Å². The molecule has 4 aromatic rings. The molecule has 0 aliphatic heterocycles. The minimum absolute atomic E-state index is 0.139. The fourth-order valence-corrected chi connectivity index (χ4v) is 2.93. The number of tetrazole rings is 1. The van der Waals surface area contributed by atoms with E-state index in [-0.39, 0.29) is 5.91 Å². The number of fused-ring (bicyclic) bond motifs is 1. The number of amides is 1. The van der Waals surface area contributed by atoms with Crippen molar-refractivity contribution in [3.63, 3.8) is 0 Å². The molecule has 4 rings (SSSR count). The van der Waals surface area contributed by atoms with Crippen LogP contribution in [0.2, 0.25) is 0 Å². The minimum Gasteiger partial charge on any atom is -0.354 e. The molecular formula is C18H18N8O. The second-order valence-corrected chi connectivity index (χ2v) is 6.08. The maximum Gasteiger partial charge on any atom is 0.245 e. The maximum absolute atomic E-state index is 12.8. The van der Waals surface area contributed by atoms with Crippen LogP contribution in [0.1, 0.15) is 17.4 Å². The Kier molecular flexibility index (Phi) is 4.82. The first-order valence-corrected chi connectivity index (χ1v) is 8.64. The molecule has 0 saturated carbocycles. The molecule has 27 heavy (non-hydrogen) atoms. The van der Waals surface area contributed by atoms with E-state index < -0.39 is 6.04 Å². The van der Waals surface area contributed by atoms with Gasteiger partial charge in [0.2, 0.25) is 5.91 Å². The molecule has 9 heteroatoms. The van der Waals surface area contributed by atoms with Crippen molar-refractivity contribution in [1.29, 1.82) is 0 Å². The first-order chi connectivity index (χ1) is 13.3. The van der Waals surface area contributed by atoms with Crippen LogP contribution in [0.5, 0.6) is 0 Å². The molecule has 0 bridgehead atoms. The lowest BCUT2D eigenvalue weighted by molar-refractivity contribution is -0.124. The van der Waals surface area contributed by atoms with E-state index in [4.69, 9.17) is 0 Å². The van der Waals surface area contributed by atoms with Crippen molar-refractivity contribution in [2.24, 2.45) is 0 Å². The Morgan fingerprint density at radius 2 is 1.93 bits per heavy atom. The summed E-state index contributed by atoms with van der Waals surface area (Å²) in [6.07, 6.45) is 4.45. The molecule has 1 amide bonds. The van der Waals surface area contributed by atoms with E-state index in [0.717, 1.165) is 17.0 Å². The van der Waals surface area contributed by atoms with Crippen LogP contribution in [0.4, 0.5) is 0 Å². The SMILES string of the molecule is O=C(NCCc1nnc2ccccn12)[C@H](Cc1ccccc1)n1cnnn1. The number of pyridine rings is 1. The summed E-state index contributed by atoms with van der Waals surface area (Å²) in [4.78, 5) is 12.8. The van der Waals surface area contributed by atoms with Crippen LogP contribution in [0.15, 0.2) is 61.1 Å². The number of benzene rings is 1. The fraction of sp³-hybridized carbons (Fsp3) is 0.222. The summed E-state index contributed by atoms with van der Waals surface area (Å²) in [6.45, 7) is 0.446. The summed E-state index contributed by atoms with van der Waals surface area (Å²) < 4.78 is 3.39. The summed E-state index contributed by atoms with van der Waals surface area (Å²) >= 11 is 0.